The molecule has 0 aliphatic carbocycles. The smallest absolute Gasteiger partial charge is 0.303 e. The van der Waals surface area contributed by atoms with Gasteiger partial charge in [0.25, 0.3) is 0 Å². The lowest BCUT2D eigenvalue weighted by atomic mass is 10.1. The maximum atomic E-state index is 9.70. The minimum atomic E-state index is -0.773. The first-order valence-corrected chi connectivity index (χ1v) is 7.83. The number of rotatable bonds is 8. The number of hydrogen-bond donors (Lipinski definition) is 7. The number of carbonyl (C=O) groups is 2. The van der Waals surface area contributed by atoms with Crippen molar-refractivity contribution in [1.82, 2.24) is 0 Å². The van der Waals surface area contributed by atoms with Gasteiger partial charge in [0.2, 0.25) is 0 Å². The second-order valence-electron chi connectivity index (χ2n) is 4.93. The van der Waals surface area contributed by atoms with E-state index in [1.807, 2.05) is 0 Å². The Labute approximate surface area is 147 Å². The monoisotopic (exact) mass is 359 g/mol. The van der Waals surface area contributed by atoms with Crippen molar-refractivity contribution in [3.8, 4) is 11.5 Å². The summed E-state index contributed by atoms with van der Waals surface area (Å²) in [5.74, 6) is -1.72. The third-order valence-electron chi connectivity index (χ3n) is 2.66. The summed E-state index contributed by atoms with van der Waals surface area (Å²) in [6, 6.07) is 4.71. The van der Waals surface area contributed by atoms with Crippen LogP contribution in [0.3, 0.4) is 0 Å². The topological polar surface area (TPSA) is 193 Å². The summed E-state index contributed by atoms with van der Waals surface area (Å²) in [6.45, 7) is 1.48. The van der Waals surface area contributed by atoms with Crippen molar-refractivity contribution in [3.63, 3.8) is 0 Å². The first kappa shape index (κ1) is 24.9. The molecule has 1 rings (SSSR count). The fourth-order valence-corrected chi connectivity index (χ4v) is 1.40. The lowest BCUT2D eigenvalue weighted by Crippen LogP contribution is -2.02. The fraction of sp³-hybridized carbons (Fsp3) is 0.500. The Kier molecular flexibility index (Phi) is 16.4. The highest BCUT2D eigenvalue weighted by Crippen LogP contribution is 2.24. The minimum absolute atomic E-state index is 0.0871. The Morgan fingerprint density at radius 2 is 1.28 bits per heavy atom. The lowest BCUT2D eigenvalue weighted by molar-refractivity contribution is -0.138. The van der Waals surface area contributed by atoms with E-state index in [1.165, 1.54) is 12.1 Å². The van der Waals surface area contributed by atoms with Crippen molar-refractivity contribution < 1.29 is 30.0 Å². The minimum Gasteiger partial charge on any atom is -0.504 e. The van der Waals surface area contributed by atoms with Crippen LogP contribution >= 0.6 is 0 Å². The SMILES string of the molecule is NCCCC(=O)O.NCCCC(=O)O.NCCc1ccc(O)c(O)c1. The maximum absolute atomic E-state index is 9.70. The molecule has 9 nitrogen and oxygen atoms in total. The molecule has 25 heavy (non-hydrogen) atoms. The Morgan fingerprint density at radius 3 is 1.56 bits per heavy atom. The van der Waals surface area contributed by atoms with Gasteiger partial charge in [-0.15, -0.1) is 0 Å². The average molecular weight is 359 g/mol. The second-order valence-corrected chi connectivity index (χ2v) is 4.93. The molecule has 0 unspecified atom stereocenters. The lowest BCUT2D eigenvalue weighted by Gasteiger charge is -2.00. The summed E-state index contributed by atoms with van der Waals surface area (Å²) in [7, 11) is 0. The molecule has 0 saturated carbocycles. The average Bonchev–Trinajstić information content (AvgIpc) is 2.56. The largest absolute Gasteiger partial charge is 0.504 e. The molecule has 0 bridgehead atoms. The van der Waals surface area contributed by atoms with Gasteiger partial charge in [-0.3, -0.25) is 9.59 Å². The van der Waals surface area contributed by atoms with E-state index in [0.717, 1.165) is 5.56 Å². The van der Waals surface area contributed by atoms with Crippen LogP contribution in [0.2, 0.25) is 0 Å². The van der Waals surface area contributed by atoms with Gasteiger partial charge in [0.05, 0.1) is 0 Å². The first-order valence-electron chi connectivity index (χ1n) is 7.83. The quantitative estimate of drug-likeness (QED) is 0.318. The molecule has 10 N–H and O–H groups in total. The third kappa shape index (κ3) is 17.8. The summed E-state index contributed by atoms with van der Waals surface area (Å²) in [4.78, 5) is 19.4. The Balaban J connectivity index is 0. The number of benzene rings is 1. The summed E-state index contributed by atoms with van der Waals surface area (Å²) >= 11 is 0. The zero-order valence-electron chi connectivity index (χ0n) is 14.2. The zero-order chi connectivity index (χ0) is 19.7. The number of carboxylic acid groups (broad SMARTS) is 2. The molecule has 1 aromatic rings. The number of phenolic OH excluding ortho intramolecular Hbond substituents is 2. The van der Waals surface area contributed by atoms with Crippen molar-refractivity contribution in [2.75, 3.05) is 19.6 Å². The molecular formula is C16H29N3O6. The fourth-order valence-electron chi connectivity index (χ4n) is 1.40. The van der Waals surface area contributed by atoms with E-state index in [9.17, 15) is 9.59 Å². The van der Waals surface area contributed by atoms with Crippen molar-refractivity contribution in [2.24, 2.45) is 17.2 Å². The Morgan fingerprint density at radius 1 is 0.800 bits per heavy atom. The van der Waals surface area contributed by atoms with Gasteiger partial charge in [-0.2, -0.15) is 0 Å². The van der Waals surface area contributed by atoms with Gasteiger partial charge >= 0.3 is 11.9 Å². The molecule has 0 aliphatic heterocycles. The number of aliphatic carboxylic acids is 2. The second kappa shape index (κ2) is 16.5. The molecule has 0 amide bonds. The molecule has 144 valence electrons. The molecule has 0 heterocycles. The van der Waals surface area contributed by atoms with E-state index in [4.69, 9.17) is 37.6 Å². The first-order chi connectivity index (χ1) is 11.8. The summed E-state index contributed by atoms with van der Waals surface area (Å²) in [6.07, 6.45) is 2.26. The van der Waals surface area contributed by atoms with Crippen LogP contribution in [0.4, 0.5) is 0 Å². The van der Waals surface area contributed by atoms with Gasteiger partial charge in [0.15, 0.2) is 11.5 Å². The molecule has 0 aliphatic rings. The molecule has 0 radical (unpaired) electrons. The van der Waals surface area contributed by atoms with Gasteiger partial charge in [0, 0.05) is 12.8 Å². The van der Waals surface area contributed by atoms with Crippen LogP contribution in [0.15, 0.2) is 18.2 Å². The molecule has 1 aromatic carbocycles. The molecule has 0 spiro atoms. The number of phenols is 2. The standard InChI is InChI=1S/C8H11NO2.2C4H9NO2/c9-4-3-6-1-2-7(10)8(11)5-6;2*5-3-1-2-4(6)7/h1-2,5,10-11H,3-4,9H2;2*1-3,5H2,(H,6,7). The normalized spacial score (nSPS) is 9.24. The molecule has 0 aromatic heterocycles. The zero-order valence-corrected chi connectivity index (χ0v) is 14.2. The third-order valence-corrected chi connectivity index (χ3v) is 2.66. The number of hydrogen-bond acceptors (Lipinski definition) is 7. The van der Waals surface area contributed by atoms with E-state index in [-0.39, 0.29) is 24.3 Å². The summed E-state index contributed by atoms with van der Waals surface area (Å²) < 4.78 is 0. The van der Waals surface area contributed by atoms with E-state index >= 15 is 0 Å². The van der Waals surface area contributed by atoms with Crippen LogP contribution in [0.5, 0.6) is 11.5 Å². The maximum Gasteiger partial charge on any atom is 0.303 e. The molecule has 0 fully saturated rings. The van der Waals surface area contributed by atoms with E-state index in [2.05, 4.69) is 0 Å². The predicted octanol–water partition coefficient (Wildman–Crippen LogP) is 0.219. The van der Waals surface area contributed by atoms with Crippen molar-refractivity contribution in [2.45, 2.75) is 32.1 Å². The molecule has 0 atom stereocenters. The Hall–Kier alpha value is -2.36. The van der Waals surface area contributed by atoms with Gasteiger partial charge in [-0.25, -0.2) is 0 Å². The Bertz CT molecular complexity index is 479. The summed E-state index contributed by atoms with van der Waals surface area (Å²) in [5.41, 5.74) is 16.3. The highest BCUT2D eigenvalue weighted by Gasteiger charge is 1.98. The van der Waals surface area contributed by atoms with Crippen LogP contribution in [0.1, 0.15) is 31.2 Å². The number of carboxylic acids is 2. The van der Waals surface area contributed by atoms with Crippen molar-refractivity contribution in [1.29, 1.82) is 0 Å². The van der Waals surface area contributed by atoms with Gasteiger partial charge < -0.3 is 37.6 Å². The van der Waals surface area contributed by atoms with Gasteiger partial charge in [-0.1, -0.05) is 6.07 Å². The summed E-state index contributed by atoms with van der Waals surface area (Å²) in [5, 5.41) is 33.9. The van der Waals surface area contributed by atoms with E-state index in [1.54, 1.807) is 6.07 Å². The number of nitrogens with two attached hydrogens (primary N) is 3. The molecular weight excluding hydrogens is 330 g/mol. The van der Waals surface area contributed by atoms with Crippen LogP contribution < -0.4 is 17.2 Å². The molecule has 9 heteroatoms. The van der Waals surface area contributed by atoms with E-state index in [0.29, 0.717) is 38.9 Å². The molecule has 0 saturated heterocycles. The van der Waals surface area contributed by atoms with Crippen LogP contribution in [-0.4, -0.2) is 52.0 Å². The number of aromatic hydroxyl groups is 2. The van der Waals surface area contributed by atoms with Crippen molar-refractivity contribution >= 4 is 11.9 Å². The predicted molar refractivity (Wildman–Crippen MR) is 94.4 cm³/mol. The van der Waals surface area contributed by atoms with Gasteiger partial charge in [0.1, 0.15) is 0 Å². The van der Waals surface area contributed by atoms with Crippen LogP contribution in [-0.2, 0) is 16.0 Å². The van der Waals surface area contributed by atoms with Gasteiger partial charge in [-0.05, 0) is 56.6 Å². The highest BCUT2D eigenvalue weighted by atomic mass is 16.4. The highest BCUT2D eigenvalue weighted by molar-refractivity contribution is 5.66. The van der Waals surface area contributed by atoms with Crippen LogP contribution in [0, 0.1) is 0 Å². The van der Waals surface area contributed by atoms with Crippen LogP contribution in [0.25, 0.3) is 0 Å². The van der Waals surface area contributed by atoms with Crippen molar-refractivity contribution in [3.05, 3.63) is 23.8 Å². The van der Waals surface area contributed by atoms with E-state index < -0.39 is 11.9 Å².